The van der Waals surface area contributed by atoms with Gasteiger partial charge in [0.1, 0.15) is 0 Å². The van der Waals surface area contributed by atoms with Gasteiger partial charge in [0.2, 0.25) is 5.91 Å². The molecule has 0 aliphatic heterocycles. The molecule has 0 saturated carbocycles. The van der Waals surface area contributed by atoms with Crippen LogP contribution in [0.3, 0.4) is 0 Å². The first-order chi connectivity index (χ1) is 13.5. The fraction of sp³-hybridized carbons (Fsp3) is 0.364. The second-order valence-corrected chi connectivity index (χ2v) is 7.10. The lowest BCUT2D eigenvalue weighted by atomic mass is 10.0. The van der Waals surface area contributed by atoms with Gasteiger partial charge in [-0.3, -0.25) is 9.79 Å². The number of likely N-dealkylation sites (N-methyl/N-ethyl adjacent to an activating group) is 1. The van der Waals surface area contributed by atoms with Crippen molar-refractivity contribution < 1.29 is 4.79 Å². The van der Waals surface area contributed by atoms with Crippen LogP contribution in [0, 0.1) is 0 Å². The molecule has 1 amide bonds. The highest BCUT2D eigenvalue weighted by Gasteiger charge is 2.07. The van der Waals surface area contributed by atoms with E-state index in [0.717, 1.165) is 23.8 Å². The Hall–Kier alpha value is -2.13. The predicted molar refractivity (Wildman–Crippen MR) is 132 cm³/mol. The summed E-state index contributed by atoms with van der Waals surface area (Å²) < 4.78 is 0. The van der Waals surface area contributed by atoms with Gasteiger partial charge in [-0.15, -0.1) is 24.0 Å². The smallest absolute Gasteiger partial charge is 0.238 e. The maximum absolute atomic E-state index is 11.9. The van der Waals surface area contributed by atoms with E-state index < -0.39 is 0 Å². The number of rotatable bonds is 8. The fourth-order valence-corrected chi connectivity index (χ4v) is 2.80. The molecular weight excluding hydrogens is 477 g/mol. The number of hydrogen-bond acceptors (Lipinski definition) is 3. The van der Waals surface area contributed by atoms with Gasteiger partial charge in [-0.25, -0.2) is 0 Å². The van der Waals surface area contributed by atoms with Crippen molar-refractivity contribution in [2.45, 2.75) is 19.4 Å². The van der Waals surface area contributed by atoms with Crippen molar-refractivity contribution in [2.75, 3.05) is 39.5 Å². The van der Waals surface area contributed by atoms with Crippen LogP contribution in [0.4, 0.5) is 5.69 Å². The predicted octanol–water partition coefficient (Wildman–Crippen LogP) is 3.27. The van der Waals surface area contributed by atoms with Crippen molar-refractivity contribution in [3.8, 4) is 0 Å². The van der Waals surface area contributed by atoms with Crippen LogP contribution >= 0.6 is 24.0 Å². The summed E-state index contributed by atoms with van der Waals surface area (Å²) in [6, 6.07) is 18.3. The average Bonchev–Trinajstić information content (AvgIpc) is 2.68. The lowest BCUT2D eigenvalue weighted by Gasteiger charge is -2.17. The SMILES string of the molecule is CN=C(NCc1cccc(NC(=O)CN(C)C)c1)NCC(C)c1ccccc1.I. The summed E-state index contributed by atoms with van der Waals surface area (Å²) in [7, 11) is 5.51. The topological polar surface area (TPSA) is 68.8 Å². The lowest BCUT2D eigenvalue weighted by Crippen LogP contribution is -2.38. The first-order valence-electron chi connectivity index (χ1n) is 9.51. The second kappa shape index (κ2) is 13.2. The molecule has 2 rings (SSSR count). The highest BCUT2D eigenvalue weighted by Crippen LogP contribution is 2.13. The van der Waals surface area contributed by atoms with Crippen LogP contribution < -0.4 is 16.0 Å². The second-order valence-electron chi connectivity index (χ2n) is 7.10. The monoisotopic (exact) mass is 509 g/mol. The van der Waals surface area contributed by atoms with Gasteiger partial charge in [0, 0.05) is 25.8 Å². The van der Waals surface area contributed by atoms with Gasteiger partial charge in [-0.2, -0.15) is 0 Å². The van der Waals surface area contributed by atoms with Crippen LogP contribution in [0.25, 0.3) is 0 Å². The molecule has 0 spiro atoms. The fourth-order valence-electron chi connectivity index (χ4n) is 2.80. The summed E-state index contributed by atoms with van der Waals surface area (Å²) in [6.07, 6.45) is 0. The molecule has 0 heterocycles. The van der Waals surface area contributed by atoms with Crippen molar-refractivity contribution in [3.63, 3.8) is 0 Å². The number of aliphatic imine (C=N–C) groups is 1. The summed E-state index contributed by atoms with van der Waals surface area (Å²) >= 11 is 0. The van der Waals surface area contributed by atoms with E-state index in [4.69, 9.17) is 0 Å². The zero-order chi connectivity index (χ0) is 20.4. The van der Waals surface area contributed by atoms with Gasteiger partial charge in [0.05, 0.1) is 6.54 Å². The maximum atomic E-state index is 11.9. The molecule has 0 aliphatic carbocycles. The van der Waals surface area contributed by atoms with Crippen molar-refractivity contribution in [3.05, 3.63) is 65.7 Å². The van der Waals surface area contributed by atoms with E-state index >= 15 is 0 Å². The lowest BCUT2D eigenvalue weighted by molar-refractivity contribution is -0.116. The summed E-state index contributed by atoms with van der Waals surface area (Å²) in [6.45, 7) is 3.97. The molecule has 1 unspecified atom stereocenters. The van der Waals surface area contributed by atoms with Gasteiger partial charge >= 0.3 is 0 Å². The van der Waals surface area contributed by atoms with Crippen LogP contribution in [0.2, 0.25) is 0 Å². The molecule has 1 atom stereocenters. The van der Waals surface area contributed by atoms with E-state index in [0.29, 0.717) is 19.0 Å². The third-order valence-electron chi connectivity index (χ3n) is 4.30. The molecule has 0 aliphatic rings. The van der Waals surface area contributed by atoms with Gasteiger partial charge in [0.25, 0.3) is 0 Å². The maximum Gasteiger partial charge on any atom is 0.238 e. The van der Waals surface area contributed by atoms with Crippen molar-refractivity contribution in [2.24, 2.45) is 4.99 Å². The Bertz CT molecular complexity index is 780. The third-order valence-corrected chi connectivity index (χ3v) is 4.30. The normalized spacial score (nSPS) is 12.1. The molecule has 0 fully saturated rings. The molecule has 2 aromatic rings. The van der Waals surface area contributed by atoms with Crippen molar-refractivity contribution >= 4 is 41.5 Å². The summed E-state index contributed by atoms with van der Waals surface area (Å²) in [4.78, 5) is 18.0. The van der Waals surface area contributed by atoms with Gasteiger partial charge < -0.3 is 20.9 Å². The Morgan fingerprint density at radius 1 is 1.07 bits per heavy atom. The van der Waals surface area contributed by atoms with E-state index in [9.17, 15) is 4.79 Å². The number of carbonyl (C=O) groups is 1. The number of halogens is 1. The minimum absolute atomic E-state index is 0. The number of hydrogen-bond donors (Lipinski definition) is 3. The van der Waals surface area contributed by atoms with Crippen LogP contribution in [0.1, 0.15) is 24.0 Å². The first kappa shape index (κ1) is 24.9. The molecule has 0 radical (unpaired) electrons. The van der Waals surface area contributed by atoms with E-state index in [2.05, 4.69) is 52.1 Å². The summed E-state index contributed by atoms with van der Waals surface area (Å²) in [5, 5.41) is 9.61. The van der Waals surface area contributed by atoms with Crippen LogP contribution in [-0.4, -0.2) is 51.0 Å². The molecule has 3 N–H and O–H groups in total. The van der Waals surface area contributed by atoms with Crippen molar-refractivity contribution in [1.29, 1.82) is 0 Å². The Kier molecular flexibility index (Phi) is 11.3. The van der Waals surface area contributed by atoms with Gasteiger partial charge in [0.15, 0.2) is 5.96 Å². The molecule has 6 nitrogen and oxygen atoms in total. The quantitative estimate of drug-likeness (QED) is 0.290. The largest absolute Gasteiger partial charge is 0.356 e. The number of guanidine groups is 1. The summed E-state index contributed by atoms with van der Waals surface area (Å²) in [5.41, 5.74) is 3.17. The van der Waals surface area contributed by atoms with E-state index in [1.54, 1.807) is 7.05 Å². The molecule has 0 aromatic heterocycles. The number of carbonyl (C=O) groups excluding carboxylic acids is 1. The van der Waals surface area contributed by atoms with Gasteiger partial charge in [-0.05, 0) is 43.3 Å². The molecule has 0 saturated heterocycles. The number of benzene rings is 2. The molecule has 158 valence electrons. The zero-order valence-electron chi connectivity index (χ0n) is 17.6. The highest BCUT2D eigenvalue weighted by atomic mass is 127. The van der Waals surface area contributed by atoms with E-state index in [-0.39, 0.29) is 29.9 Å². The zero-order valence-corrected chi connectivity index (χ0v) is 19.9. The number of anilines is 1. The standard InChI is InChI=1S/C22H31N5O.HI/c1-17(19-10-6-5-7-11-19)14-24-22(23-2)25-15-18-9-8-12-20(13-18)26-21(28)16-27(3)4;/h5-13,17H,14-16H2,1-4H3,(H,26,28)(H2,23,24,25);1H. The minimum atomic E-state index is -0.0255. The highest BCUT2D eigenvalue weighted by molar-refractivity contribution is 14.0. The minimum Gasteiger partial charge on any atom is -0.356 e. The van der Waals surface area contributed by atoms with Gasteiger partial charge in [-0.1, -0.05) is 49.4 Å². The van der Waals surface area contributed by atoms with E-state index in [1.165, 1.54) is 5.56 Å². The molecule has 29 heavy (non-hydrogen) atoms. The molecular formula is C22H32IN5O. The first-order valence-corrected chi connectivity index (χ1v) is 9.51. The van der Waals surface area contributed by atoms with Crippen LogP contribution in [0.5, 0.6) is 0 Å². The van der Waals surface area contributed by atoms with E-state index in [1.807, 2.05) is 49.3 Å². The number of nitrogens with one attached hydrogen (secondary N) is 3. The molecule has 7 heteroatoms. The van der Waals surface area contributed by atoms with Crippen LogP contribution in [-0.2, 0) is 11.3 Å². The third kappa shape index (κ3) is 9.27. The van der Waals surface area contributed by atoms with Crippen LogP contribution in [0.15, 0.2) is 59.6 Å². The Balaban J connectivity index is 0.00000420. The average molecular weight is 509 g/mol. The Labute approximate surface area is 191 Å². The summed E-state index contributed by atoms with van der Waals surface area (Å²) in [5.74, 6) is 1.11. The number of nitrogens with zero attached hydrogens (tertiary/aromatic N) is 2. The van der Waals surface area contributed by atoms with Crippen molar-refractivity contribution in [1.82, 2.24) is 15.5 Å². The number of amides is 1. The molecule has 0 bridgehead atoms. The Morgan fingerprint density at radius 2 is 1.79 bits per heavy atom. The Morgan fingerprint density at radius 3 is 2.45 bits per heavy atom. The molecule has 2 aromatic carbocycles.